The van der Waals surface area contributed by atoms with E-state index in [1.54, 1.807) is 18.2 Å². The Kier molecular flexibility index (Phi) is 5.46. The standard InChI is InChI=1S/C19H25N3O3S/c1-3-12-26(24,25)18-10-5-4-9-16(18)19(23)20-14(2)17-13-15-8-6-7-11-22(15)21-17/h4-5,9-10,13-14H,3,6-8,11-12H2,1-2H3,(H,20,23). The number of carbonyl (C=O) groups excluding carboxylic acids is 1. The van der Waals surface area contributed by atoms with Crippen LogP contribution in [0.25, 0.3) is 0 Å². The molecule has 7 heteroatoms. The Balaban J connectivity index is 1.81. The summed E-state index contributed by atoms with van der Waals surface area (Å²) in [6.07, 6.45) is 3.80. The number of fused-ring (bicyclic) bond motifs is 1. The number of amides is 1. The van der Waals surface area contributed by atoms with Crippen LogP contribution in [0.2, 0.25) is 0 Å². The second-order valence-corrected chi connectivity index (χ2v) is 8.83. The summed E-state index contributed by atoms with van der Waals surface area (Å²) >= 11 is 0. The summed E-state index contributed by atoms with van der Waals surface area (Å²) in [5.74, 6) is -0.362. The lowest BCUT2D eigenvalue weighted by atomic mass is 10.1. The molecule has 1 unspecified atom stereocenters. The van der Waals surface area contributed by atoms with Crippen LogP contribution < -0.4 is 5.32 Å². The van der Waals surface area contributed by atoms with E-state index in [4.69, 9.17) is 0 Å². The molecule has 1 aliphatic heterocycles. The predicted octanol–water partition coefficient (Wildman–Crippen LogP) is 2.89. The Hall–Kier alpha value is -2.15. The Morgan fingerprint density at radius 1 is 1.31 bits per heavy atom. The summed E-state index contributed by atoms with van der Waals surface area (Å²) in [5, 5.41) is 7.48. The number of rotatable bonds is 6. The van der Waals surface area contributed by atoms with Crippen LogP contribution in [0.3, 0.4) is 0 Å². The van der Waals surface area contributed by atoms with E-state index in [9.17, 15) is 13.2 Å². The molecule has 0 spiro atoms. The summed E-state index contributed by atoms with van der Waals surface area (Å²) in [6.45, 7) is 4.59. The lowest BCUT2D eigenvalue weighted by Gasteiger charge is -2.14. The van der Waals surface area contributed by atoms with Crippen LogP contribution in [0.5, 0.6) is 0 Å². The molecule has 0 radical (unpaired) electrons. The van der Waals surface area contributed by atoms with Crippen LogP contribution in [-0.4, -0.2) is 29.9 Å². The molecule has 2 aromatic rings. The molecule has 26 heavy (non-hydrogen) atoms. The van der Waals surface area contributed by atoms with Crippen molar-refractivity contribution in [3.63, 3.8) is 0 Å². The van der Waals surface area contributed by atoms with Gasteiger partial charge in [0.25, 0.3) is 5.91 Å². The van der Waals surface area contributed by atoms with Crippen LogP contribution in [0.15, 0.2) is 35.2 Å². The smallest absolute Gasteiger partial charge is 0.253 e. The molecular weight excluding hydrogens is 350 g/mol. The number of hydrogen-bond acceptors (Lipinski definition) is 4. The van der Waals surface area contributed by atoms with Crippen molar-refractivity contribution in [3.8, 4) is 0 Å². The van der Waals surface area contributed by atoms with E-state index in [-0.39, 0.29) is 22.3 Å². The number of hydrogen-bond donors (Lipinski definition) is 1. The molecule has 3 rings (SSSR count). The molecule has 1 N–H and O–H groups in total. The van der Waals surface area contributed by atoms with E-state index in [1.807, 2.05) is 24.6 Å². The normalized spacial score (nSPS) is 15.3. The van der Waals surface area contributed by atoms with E-state index in [0.717, 1.165) is 31.5 Å². The zero-order valence-corrected chi connectivity index (χ0v) is 16.1. The van der Waals surface area contributed by atoms with Crippen LogP contribution in [0.1, 0.15) is 60.9 Å². The first kappa shape index (κ1) is 18.6. The van der Waals surface area contributed by atoms with E-state index in [1.165, 1.54) is 11.8 Å². The van der Waals surface area contributed by atoms with Gasteiger partial charge >= 0.3 is 0 Å². The number of aromatic nitrogens is 2. The summed E-state index contributed by atoms with van der Waals surface area (Å²) in [4.78, 5) is 12.8. The van der Waals surface area contributed by atoms with Crippen LogP contribution >= 0.6 is 0 Å². The third kappa shape index (κ3) is 3.82. The van der Waals surface area contributed by atoms with Gasteiger partial charge in [0, 0.05) is 12.2 Å². The largest absolute Gasteiger partial charge is 0.344 e. The molecule has 6 nitrogen and oxygen atoms in total. The van der Waals surface area contributed by atoms with Crippen molar-refractivity contribution in [2.75, 3.05) is 5.75 Å². The first-order valence-electron chi connectivity index (χ1n) is 9.11. The quantitative estimate of drug-likeness (QED) is 0.842. The van der Waals surface area contributed by atoms with Crippen molar-refractivity contribution in [2.24, 2.45) is 0 Å². The van der Waals surface area contributed by atoms with Gasteiger partial charge in [-0.2, -0.15) is 5.10 Å². The molecule has 2 heterocycles. The van der Waals surface area contributed by atoms with Gasteiger partial charge in [0.15, 0.2) is 9.84 Å². The Labute approximate surface area is 154 Å². The monoisotopic (exact) mass is 375 g/mol. The summed E-state index contributed by atoms with van der Waals surface area (Å²) in [6, 6.07) is 8.13. The van der Waals surface area contributed by atoms with Crippen molar-refractivity contribution in [1.82, 2.24) is 15.1 Å². The van der Waals surface area contributed by atoms with Gasteiger partial charge < -0.3 is 5.32 Å². The average molecular weight is 375 g/mol. The maximum absolute atomic E-state index is 12.7. The van der Waals surface area contributed by atoms with Gasteiger partial charge in [0.1, 0.15) is 0 Å². The minimum atomic E-state index is -3.47. The molecule has 1 amide bonds. The zero-order chi connectivity index (χ0) is 18.7. The highest BCUT2D eigenvalue weighted by Gasteiger charge is 2.23. The zero-order valence-electron chi connectivity index (χ0n) is 15.2. The summed E-state index contributed by atoms with van der Waals surface area (Å²) in [5.41, 5.74) is 2.19. The highest BCUT2D eigenvalue weighted by atomic mass is 32.2. The number of nitrogens with zero attached hydrogens (tertiary/aromatic N) is 2. The molecule has 1 aliphatic rings. The lowest BCUT2D eigenvalue weighted by Crippen LogP contribution is -2.28. The van der Waals surface area contributed by atoms with Gasteiger partial charge in [-0.05, 0) is 50.8 Å². The Morgan fingerprint density at radius 3 is 2.81 bits per heavy atom. The second-order valence-electron chi connectivity index (χ2n) is 6.75. The van der Waals surface area contributed by atoms with Gasteiger partial charge in [-0.15, -0.1) is 0 Å². The van der Waals surface area contributed by atoms with E-state index < -0.39 is 15.7 Å². The van der Waals surface area contributed by atoms with Crippen LogP contribution in [0, 0.1) is 0 Å². The maximum Gasteiger partial charge on any atom is 0.253 e. The Morgan fingerprint density at radius 2 is 2.08 bits per heavy atom. The third-order valence-corrected chi connectivity index (χ3v) is 6.64. The van der Waals surface area contributed by atoms with Gasteiger partial charge in [0.05, 0.1) is 27.9 Å². The lowest BCUT2D eigenvalue weighted by molar-refractivity contribution is 0.0935. The first-order chi connectivity index (χ1) is 12.4. The molecule has 0 fully saturated rings. The van der Waals surface area contributed by atoms with Crippen LogP contribution in [0.4, 0.5) is 0 Å². The summed E-state index contributed by atoms with van der Waals surface area (Å²) in [7, 11) is -3.47. The molecular formula is C19H25N3O3S. The minimum Gasteiger partial charge on any atom is -0.344 e. The number of benzene rings is 1. The number of nitrogens with one attached hydrogen (secondary N) is 1. The second kappa shape index (κ2) is 7.61. The average Bonchev–Trinajstić information content (AvgIpc) is 3.06. The van der Waals surface area contributed by atoms with Crippen molar-refractivity contribution in [2.45, 2.75) is 57.0 Å². The molecule has 0 saturated carbocycles. The van der Waals surface area contributed by atoms with Crippen molar-refractivity contribution in [3.05, 3.63) is 47.3 Å². The molecule has 1 atom stereocenters. The van der Waals surface area contributed by atoms with Gasteiger partial charge in [0.2, 0.25) is 0 Å². The van der Waals surface area contributed by atoms with Gasteiger partial charge in [-0.25, -0.2) is 8.42 Å². The molecule has 0 bridgehead atoms. The topological polar surface area (TPSA) is 81.1 Å². The van der Waals surface area contributed by atoms with E-state index >= 15 is 0 Å². The predicted molar refractivity (Wildman–Crippen MR) is 99.8 cm³/mol. The highest BCUT2D eigenvalue weighted by molar-refractivity contribution is 7.91. The van der Waals surface area contributed by atoms with Crippen molar-refractivity contribution < 1.29 is 13.2 Å². The third-order valence-electron chi connectivity index (χ3n) is 4.67. The fraction of sp³-hybridized carbons (Fsp3) is 0.474. The minimum absolute atomic E-state index is 0.0284. The fourth-order valence-electron chi connectivity index (χ4n) is 3.30. The van der Waals surface area contributed by atoms with Crippen molar-refractivity contribution in [1.29, 1.82) is 0 Å². The first-order valence-corrected chi connectivity index (χ1v) is 10.8. The number of aryl methyl sites for hydroxylation is 2. The molecule has 0 saturated heterocycles. The Bertz CT molecular complexity index is 879. The van der Waals surface area contributed by atoms with Crippen molar-refractivity contribution >= 4 is 15.7 Å². The molecule has 1 aromatic carbocycles. The molecule has 140 valence electrons. The number of carbonyl (C=O) groups is 1. The van der Waals surface area contributed by atoms with Crippen LogP contribution in [-0.2, 0) is 22.8 Å². The number of sulfone groups is 1. The maximum atomic E-state index is 12.7. The van der Waals surface area contributed by atoms with Gasteiger partial charge in [-0.3, -0.25) is 9.48 Å². The van der Waals surface area contributed by atoms with E-state index in [2.05, 4.69) is 10.4 Å². The highest BCUT2D eigenvalue weighted by Crippen LogP contribution is 2.21. The summed E-state index contributed by atoms with van der Waals surface area (Å²) < 4.78 is 26.9. The molecule has 0 aliphatic carbocycles. The van der Waals surface area contributed by atoms with Gasteiger partial charge in [-0.1, -0.05) is 19.1 Å². The van der Waals surface area contributed by atoms with E-state index in [0.29, 0.717) is 6.42 Å². The SMILES string of the molecule is CCCS(=O)(=O)c1ccccc1C(=O)NC(C)c1cc2n(n1)CCCC2. The molecule has 1 aromatic heterocycles. The fourth-order valence-corrected chi connectivity index (χ4v) is 4.84.